The van der Waals surface area contributed by atoms with Gasteiger partial charge in [0, 0.05) is 19.0 Å². The first kappa shape index (κ1) is 12.1. The molecule has 0 aliphatic carbocycles. The first-order valence-corrected chi connectivity index (χ1v) is 4.90. The molecule has 0 atom stereocenters. The molecule has 88 valence electrons. The van der Waals surface area contributed by atoms with Crippen LogP contribution in [0.3, 0.4) is 0 Å². The van der Waals surface area contributed by atoms with Crippen LogP contribution >= 0.6 is 0 Å². The quantitative estimate of drug-likeness (QED) is 0.540. The van der Waals surface area contributed by atoms with E-state index in [9.17, 15) is 9.59 Å². The predicted molar refractivity (Wildman–Crippen MR) is 54.4 cm³/mol. The number of nitrogens with one attached hydrogen (secondary N) is 3. The Labute approximate surface area is 92.2 Å². The Hall–Kier alpha value is -1.99. The lowest BCUT2D eigenvalue weighted by Crippen LogP contribution is -2.36. The Morgan fingerprint density at radius 3 is 2.56 bits per heavy atom. The minimum Gasteiger partial charge on any atom is -0.354 e. The van der Waals surface area contributed by atoms with Crippen molar-refractivity contribution in [2.45, 2.75) is 13.8 Å². The van der Waals surface area contributed by atoms with Gasteiger partial charge in [-0.15, -0.1) is 10.2 Å². The van der Waals surface area contributed by atoms with E-state index in [1.54, 1.807) is 13.8 Å². The topological polar surface area (TPSA) is 113 Å². The summed E-state index contributed by atoms with van der Waals surface area (Å²) >= 11 is 0. The van der Waals surface area contributed by atoms with E-state index < -0.39 is 5.91 Å². The molecule has 0 bridgehead atoms. The zero-order valence-corrected chi connectivity index (χ0v) is 9.15. The molecule has 0 aliphatic heterocycles. The maximum atomic E-state index is 11.3. The number of nitrogens with zero attached hydrogens (tertiary/aromatic N) is 3. The van der Waals surface area contributed by atoms with Gasteiger partial charge in [0.2, 0.25) is 5.91 Å². The van der Waals surface area contributed by atoms with Crippen LogP contribution in [0.1, 0.15) is 24.5 Å². The summed E-state index contributed by atoms with van der Waals surface area (Å²) in [6, 6.07) is 0. The van der Waals surface area contributed by atoms with Crippen molar-refractivity contribution in [2.75, 3.05) is 13.1 Å². The molecule has 0 saturated carbocycles. The molecule has 0 fully saturated rings. The number of hydrogen-bond acceptors (Lipinski definition) is 5. The number of aromatic amines is 1. The van der Waals surface area contributed by atoms with Gasteiger partial charge >= 0.3 is 0 Å². The van der Waals surface area contributed by atoms with E-state index in [2.05, 4.69) is 31.3 Å². The van der Waals surface area contributed by atoms with Crippen LogP contribution in [0.25, 0.3) is 0 Å². The fraction of sp³-hybridized carbons (Fsp3) is 0.625. The second-order valence-electron chi connectivity index (χ2n) is 3.44. The van der Waals surface area contributed by atoms with Crippen LogP contribution in [0, 0.1) is 5.92 Å². The smallest absolute Gasteiger partial charge is 0.292 e. The van der Waals surface area contributed by atoms with Gasteiger partial charge in [-0.2, -0.15) is 5.21 Å². The first-order valence-electron chi connectivity index (χ1n) is 4.90. The van der Waals surface area contributed by atoms with E-state index in [1.807, 2.05) is 0 Å². The molecule has 1 rings (SSSR count). The van der Waals surface area contributed by atoms with Crippen LogP contribution in [0.2, 0.25) is 0 Å². The monoisotopic (exact) mass is 226 g/mol. The van der Waals surface area contributed by atoms with Gasteiger partial charge in [-0.25, -0.2) is 0 Å². The Morgan fingerprint density at radius 1 is 1.31 bits per heavy atom. The van der Waals surface area contributed by atoms with Crippen molar-refractivity contribution in [1.29, 1.82) is 0 Å². The lowest BCUT2D eigenvalue weighted by atomic mass is 10.2. The highest BCUT2D eigenvalue weighted by Crippen LogP contribution is 1.89. The Kier molecular flexibility index (Phi) is 4.37. The number of tetrazole rings is 1. The summed E-state index contributed by atoms with van der Waals surface area (Å²) in [5.41, 5.74) is 0. The normalized spacial score (nSPS) is 10.2. The molecular weight excluding hydrogens is 212 g/mol. The van der Waals surface area contributed by atoms with Crippen LogP contribution in [0.4, 0.5) is 0 Å². The molecule has 0 aliphatic rings. The summed E-state index contributed by atoms with van der Waals surface area (Å²) in [6.45, 7) is 4.30. The molecule has 16 heavy (non-hydrogen) atoms. The summed E-state index contributed by atoms with van der Waals surface area (Å²) < 4.78 is 0. The Balaban J connectivity index is 2.17. The fourth-order valence-electron chi connectivity index (χ4n) is 0.903. The third-order valence-electron chi connectivity index (χ3n) is 1.78. The van der Waals surface area contributed by atoms with Crippen LogP contribution in [-0.4, -0.2) is 45.5 Å². The van der Waals surface area contributed by atoms with Crippen molar-refractivity contribution in [3.63, 3.8) is 0 Å². The summed E-state index contributed by atoms with van der Waals surface area (Å²) in [5.74, 6) is -0.551. The largest absolute Gasteiger partial charge is 0.354 e. The lowest BCUT2D eigenvalue weighted by molar-refractivity contribution is -0.123. The predicted octanol–water partition coefficient (Wildman–Crippen LogP) is -1.30. The molecular formula is C8H14N6O2. The number of aromatic nitrogens is 4. The summed E-state index contributed by atoms with van der Waals surface area (Å²) in [5, 5.41) is 17.7. The van der Waals surface area contributed by atoms with E-state index >= 15 is 0 Å². The zero-order valence-electron chi connectivity index (χ0n) is 9.15. The molecule has 0 saturated heterocycles. The highest BCUT2D eigenvalue weighted by molar-refractivity contribution is 5.90. The van der Waals surface area contributed by atoms with E-state index in [-0.39, 0.29) is 17.6 Å². The molecule has 1 heterocycles. The number of rotatable bonds is 5. The van der Waals surface area contributed by atoms with E-state index in [4.69, 9.17) is 0 Å². The van der Waals surface area contributed by atoms with Crippen molar-refractivity contribution in [1.82, 2.24) is 31.3 Å². The summed E-state index contributed by atoms with van der Waals surface area (Å²) in [4.78, 5) is 22.4. The van der Waals surface area contributed by atoms with Gasteiger partial charge in [0.05, 0.1) is 0 Å². The number of carbonyl (C=O) groups excluding carboxylic acids is 2. The average molecular weight is 226 g/mol. The van der Waals surface area contributed by atoms with E-state index in [0.717, 1.165) is 0 Å². The maximum absolute atomic E-state index is 11.3. The van der Waals surface area contributed by atoms with Crippen molar-refractivity contribution in [3.05, 3.63) is 5.82 Å². The SMILES string of the molecule is CC(C)C(=O)NCCNC(=O)c1nn[nH]n1. The van der Waals surface area contributed by atoms with E-state index in [0.29, 0.717) is 13.1 Å². The average Bonchev–Trinajstić information content (AvgIpc) is 2.76. The second kappa shape index (κ2) is 5.79. The van der Waals surface area contributed by atoms with Crippen molar-refractivity contribution < 1.29 is 9.59 Å². The van der Waals surface area contributed by atoms with Crippen LogP contribution in [0.15, 0.2) is 0 Å². The van der Waals surface area contributed by atoms with Gasteiger partial charge in [-0.05, 0) is 5.21 Å². The molecule has 0 unspecified atom stereocenters. The minimum absolute atomic E-state index is 0.0183. The number of carbonyl (C=O) groups is 2. The molecule has 0 spiro atoms. The first-order chi connectivity index (χ1) is 7.61. The van der Waals surface area contributed by atoms with E-state index in [1.165, 1.54) is 0 Å². The molecule has 0 radical (unpaired) electrons. The summed E-state index contributed by atoms with van der Waals surface area (Å²) in [6.07, 6.45) is 0. The third-order valence-corrected chi connectivity index (χ3v) is 1.78. The highest BCUT2D eigenvalue weighted by atomic mass is 16.2. The zero-order chi connectivity index (χ0) is 12.0. The third kappa shape index (κ3) is 3.64. The maximum Gasteiger partial charge on any atom is 0.292 e. The standard InChI is InChI=1S/C8H14N6O2/c1-5(2)7(15)9-3-4-10-8(16)6-11-13-14-12-6/h5H,3-4H2,1-2H3,(H,9,15)(H,10,16)(H,11,12,13,14). The second-order valence-corrected chi connectivity index (χ2v) is 3.44. The van der Waals surface area contributed by atoms with Gasteiger partial charge in [0.15, 0.2) is 0 Å². The molecule has 8 heteroatoms. The molecule has 1 aromatic rings. The van der Waals surface area contributed by atoms with Gasteiger partial charge in [0.1, 0.15) is 0 Å². The number of amides is 2. The highest BCUT2D eigenvalue weighted by Gasteiger charge is 2.10. The van der Waals surface area contributed by atoms with Crippen LogP contribution < -0.4 is 10.6 Å². The Bertz CT molecular complexity index is 347. The number of hydrogen-bond donors (Lipinski definition) is 3. The summed E-state index contributed by atoms with van der Waals surface area (Å²) in [7, 11) is 0. The molecule has 3 N–H and O–H groups in total. The molecule has 1 aromatic heterocycles. The van der Waals surface area contributed by atoms with Crippen LogP contribution in [0.5, 0.6) is 0 Å². The lowest BCUT2D eigenvalue weighted by Gasteiger charge is -2.07. The van der Waals surface area contributed by atoms with Crippen molar-refractivity contribution in [3.8, 4) is 0 Å². The van der Waals surface area contributed by atoms with Crippen LogP contribution in [-0.2, 0) is 4.79 Å². The molecule has 0 aromatic carbocycles. The molecule has 8 nitrogen and oxygen atoms in total. The van der Waals surface area contributed by atoms with Crippen molar-refractivity contribution in [2.24, 2.45) is 5.92 Å². The van der Waals surface area contributed by atoms with Gasteiger partial charge in [-0.1, -0.05) is 13.8 Å². The fourth-order valence-corrected chi connectivity index (χ4v) is 0.903. The van der Waals surface area contributed by atoms with Gasteiger partial charge < -0.3 is 10.6 Å². The Morgan fingerprint density at radius 2 is 2.00 bits per heavy atom. The van der Waals surface area contributed by atoms with Gasteiger partial charge in [0.25, 0.3) is 11.7 Å². The van der Waals surface area contributed by atoms with Crippen molar-refractivity contribution >= 4 is 11.8 Å². The minimum atomic E-state index is -0.424. The van der Waals surface area contributed by atoms with Gasteiger partial charge in [-0.3, -0.25) is 9.59 Å². The number of H-pyrrole nitrogens is 1. The molecule has 2 amide bonds.